The summed E-state index contributed by atoms with van der Waals surface area (Å²) in [4.78, 5) is 0. The second kappa shape index (κ2) is 5.27. The second-order valence-corrected chi connectivity index (χ2v) is 5.46. The largest absolute Gasteiger partial charge is 0.389 e. The molecule has 4 rings (SSSR count). The molecule has 0 spiro atoms. The highest BCUT2D eigenvalue weighted by Gasteiger charge is 2.13. The van der Waals surface area contributed by atoms with Crippen LogP contribution in [0, 0.1) is 0 Å². The predicted molar refractivity (Wildman–Crippen MR) is 85.5 cm³/mol. The molecule has 0 aliphatic rings. The number of fused-ring (bicyclic) bond motifs is 3. The van der Waals surface area contributed by atoms with Crippen LogP contribution in [0.4, 0.5) is 0 Å². The zero-order valence-corrected chi connectivity index (χ0v) is 12.0. The average molecular weight is 292 g/mol. The van der Waals surface area contributed by atoms with E-state index in [-0.39, 0.29) is 0 Å². The summed E-state index contributed by atoms with van der Waals surface area (Å²) in [5, 5.41) is 20.4. The van der Waals surface area contributed by atoms with E-state index in [2.05, 4.69) is 39.0 Å². The van der Waals surface area contributed by atoms with Gasteiger partial charge < -0.3 is 14.2 Å². The van der Waals surface area contributed by atoms with Gasteiger partial charge in [-0.15, -0.1) is 10.2 Å². The van der Waals surface area contributed by atoms with Crippen molar-refractivity contribution < 1.29 is 5.11 Å². The molecule has 1 N–H and O–H groups in total. The predicted octanol–water partition coefficient (Wildman–Crippen LogP) is 2.45. The minimum Gasteiger partial charge on any atom is -0.389 e. The molecule has 22 heavy (non-hydrogen) atoms. The molecule has 110 valence electrons. The molecule has 0 aliphatic heterocycles. The molecule has 0 saturated heterocycles. The zero-order valence-electron chi connectivity index (χ0n) is 12.0. The molecule has 5 nitrogen and oxygen atoms in total. The first kappa shape index (κ1) is 13.0. The Kier molecular flexibility index (Phi) is 3.12. The second-order valence-electron chi connectivity index (χ2n) is 5.46. The van der Waals surface area contributed by atoms with Crippen LogP contribution in [0.1, 0.15) is 0 Å². The molecule has 5 heteroatoms. The van der Waals surface area contributed by atoms with Crippen molar-refractivity contribution in [3.05, 3.63) is 61.2 Å². The minimum atomic E-state index is -0.504. The lowest BCUT2D eigenvalue weighted by atomic mass is 10.2. The fourth-order valence-corrected chi connectivity index (χ4v) is 3.03. The van der Waals surface area contributed by atoms with Gasteiger partial charge in [0.15, 0.2) is 0 Å². The van der Waals surface area contributed by atoms with E-state index < -0.39 is 6.10 Å². The Balaban J connectivity index is 1.76. The van der Waals surface area contributed by atoms with Gasteiger partial charge in [0.1, 0.15) is 12.7 Å². The highest BCUT2D eigenvalue weighted by atomic mass is 16.3. The number of hydrogen-bond donors (Lipinski definition) is 1. The van der Waals surface area contributed by atoms with E-state index in [0.717, 1.165) is 11.0 Å². The maximum atomic E-state index is 10.4. The summed E-state index contributed by atoms with van der Waals surface area (Å²) in [5.41, 5.74) is 2.29. The molecule has 4 aromatic rings. The van der Waals surface area contributed by atoms with Gasteiger partial charge >= 0.3 is 0 Å². The number of rotatable bonds is 4. The Morgan fingerprint density at radius 2 is 1.36 bits per heavy atom. The first-order chi connectivity index (χ1) is 10.8. The summed E-state index contributed by atoms with van der Waals surface area (Å²) in [5.74, 6) is 0. The summed E-state index contributed by atoms with van der Waals surface area (Å²) < 4.78 is 3.97. The number of aliphatic hydroxyl groups is 1. The monoisotopic (exact) mass is 292 g/mol. The smallest absolute Gasteiger partial charge is 0.119 e. The van der Waals surface area contributed by atoms with E-state index in [4.69, 9.17) is 0 Å². The summed E-state index contributed by atoms with van der Waals surface area (Å²) in [6.45, 7) is 1.01. The topological polar surface area (TPSA) is 55.9 Å². The van der Waals surface area contributed by atoms with E-state index in [1.165, 1.54) is 10.8 Å². The van der Waals surface area contributed by atoms with Gasteiger partial charge in [-0.2, -0.15) is 0 Å². The SMILES string of the molecule is O[C@H](Cn1cnnc1)Cn1c2ccccc2c2ccccc21. The highest BCUT2D eigenvalue weighted by molar-refractivity contribution is 6.07. The van der Waals surface area contributed by atoms with Crippen LogP contribution in [-0.4, -0.2) is 30.5 Å². The Hall–Kier alpha value is -2.66. The summed E-state index contributed by atoms with van der Waals surface area (Å²) >= 11 is 0. The Bertz CT molecular complexity index is 858. The first-order valence-electron chi connectivity index (χ1n) is 7.29. The molecule has 0 saturated carbocycles. The Morgan fingerprint density at radius 3 is 1.95 bits per heavy atom. The molecule has 1 atom stereocenters. The molecule has 0 radical (unpaired) electrons. The first-order valence-corrected chi connectivity index (χ1v) is 7.29. The van der Waals surface area contributed by atoms with Gasteiger partial charge in [0.05, 0.1) is 19.2 Å². The van der Waals surface area contributed by atoms with Crippen molar-refractivity contribution in [2.75, 3.05) is 0 Å². The lowest BCUT2D eigenvalue weighted by molar-refractivity contribution is 0.137. The van der Waals surface area contributed by atoms with Crippen molar-refractivity contribution in [2.45, 2.75) is 19.2 Å². The van der Waals surface area contributed by atoms with E-state index in [1.54, 1.807) is 17.2 Å². The van der Waals surface area contributed by atoms with E-state index >= 15 is 0 Å². The Labute approximate surface area is 127 Å². The molecule has 0 unspecified atom stereocenters. The van der Waals surface area contributed by atoms with Gasteiger partial charge in [0.25, 0.3) is 0 Å². The van der Waals surface area contributed by atoms with Crippen LogP contribution in [0.25, 0.3) is 21.8 Å². The van der Waals surface area contributed by atoms with Crippen molar-refractivity contribution >= 4 is 21.8 Å². The quantitative estimate of drug-likeness (QED) is 0.628. The van der Waals surface area contributed by atoms with Gasteiger partial charge in [-0.25, -0.2) is 0 Å². The van der Waals surface area contributed by atoms with Crippen LogP contribution >= 0.6 is 0 Å². The number of aliphatic hydroxyl groups excluding tert-OH is 1. The molecule has 0 aliphatic carbocycles. The van der Waals surface area contributed by atoms with Gasteiger partial charge in [-0.05, 0) is 12.1 Å². The minimum absolute atomic E-state index is 0.480. The number of hydrogen-bond acceptors (Lipinski definition) is 3. The normalized spacial score (nSPS) is 13.0. The van der Waals surface area contributed by atoms with Gasteiger partial charge in [0.2, 0.25) is 0 Å². The third-order valence-electron chi connectivity index (χ3n) is 3.96. The van der Waals surface area contributed by atoms with Crippen LogP contribution < -0.4 is 0 Å². The van der Waals surface area contributed by atoms with Crippen LogP contribution in [0.3, 0.4) is 0 Å². The molecular formula is C17H16N4O. The average Bonchev–Trinajstić information content (AvgIpc) is 3.15. The third-order valence-corrected chi connectivity index (χ3v) is 3.96. The van der Waals surface area contributed by atoms with Crippen molar-refractivity contribution in [1.29, 1.82) is 0 Å². The van der Waals surface area contributed by atoms with Crippen LogP contribution in [-0.2, 0) is 13.1 Å². The molecule has 2 aromatic heterocycles. The standard InChI is InChI=1S/C17H16N4O/c22-13(9-20-11-18-19-12-20)10-21-16-7-3-1-5-14(16)15-6-2-4-8-17(15)21/h1-8,11-13,22H,9-10H2/t13-/m1/s1. The molecule has 0 fully saturated rings. The van der Waals surface area contributed by atoms with E-state index in [0.29, 0.717) is 13.1 Å². The number of aromatic nitrogens is 4. The third kappa shape index (κ3) is 2.16. The number of benzene rings is 2. The van der Waals surface area contributed by atoms with Crippen molar-refractivity contribution in [1.82, 2.24) is 19.3 Å². The maximum absolute atomic E-state index is 10.4. The van der Waals surface area contributed by atoms with Crippen LogP contribution in [0.5, 0.6) is 0 Å². The lowest BCUT2D eigenvalue weighted by Crippen LogP contribution is -2.21. The summed E-state index contributed by atoms with van der Waals surface area (Å²) in [6, 6.07) is 16.6. The van der Waals surface area contributed by atoms with Crippen LogP contribution in [0.2, 0.25) is 0 Å². The highest BCUT2D eigenvalue weighted by Crippen LogP contribution is 2.28. The molecule has 0 bridgehead atoms. The summed E-state index contributed by atoms with van der Waals surface area (Å²) in [6.07, 6.45) is 2.74. The number of para-hydroxylation sites is 2. The van der Waals surface area contributed by atoms with Crippen molar-refractivity contribution in [2.24, 2.45) is 0 Å². The van der Waals surface area contributed by atoms with Crippen molar-refractivity contribution in [3.8, 4) is 0 Å². The molecule has 2 heterocycles. The maximum Gasteiger partial charge on any atom is 0.119 e. The zero-order chi connectivity index (χ0) is 14.9. The molecular weight excluding hydrogens is 276 g/mol. The van der Waals surface area contributed by atoms with E-state index in [1.807, 2.05) is 24.3 Å². The fourth-order valence-electron chi connectivity index (χ4n) is 3.03. The summed E-state index contributed by atoms with van der Waals surface area (Å²) in [7, 11) is 0. The molecule has 0 amide bonds. The van der Waals surface area contributed by atoms with Gasteiger partial charge in [-0.1, -0.05) is 36.4 Å². The fraction of sp³-hybridized carbons (Fsp3) is 0.176. The Morgan fingerprint density at radius 1 is 0.818 bits per heavy atom. The lowest BCUT2D eigenvalue weighted by Gasteiger charge is -2.14. The van der Waals surface area contributed by atoms with Crippen molar-refractivity contribution in [3.63, 3.8) is 0 Å². The molecule has 2 aromatic carbocycles. The van der Waals surface area contributed by atoms with Crippen LogP contribution in [0.15, 0.2) is 61.2 Å². The number of nitrogens with zero attached hydrogens (tertiary/aromatic N) is 4. The van der Waals surface area contributed by atoms with E-state index in [9.17, 15) is 5.11 Å². The van der Waals surface area contributed by atoms with Gasteiger partial charge in [-0.3, -0.25) is 0 Å². The van der Waals surface area contributed by atoms with Gasteiger partial charge in [0, 0.05) is 21.8 Å².